The molecular formula is C32H27N3O2. The molecule has 3 heterocycles. The maximum Gasteiger partial charge on any atom is 0.231 e. The highest BCUT2D eigenvalue weighted by molar-refractivity contribution is 6.20. The van der Waals surface area contributed by atoms with E-state index in [0.717, 1.165) is 51.8 Å². The zero-order valence-corrected chi connectivity index (χ0v) is 20.7. The van der Waals surface area contributed by atoms with Crippen LogP contribution >= 0.6 is 0 Å². The standard InChI is InChI=1S/C32H27N3O2/c1-37-24-17-15-23(16-18-24)35-28-14-8-5-11-25(28)29-30(36)34(21-22-9-3-2-4-10-22)20-19-32(29)26-12-6-7-13-27(26)33-31(32)35/h2-18,29H,19-21H2,1H3/t29-,32-/m0/s1. The molecule has 5 heteroatoms. The summed E-state index contributed by atoms with van der Waals surface area (Å²) in [5.41, 5.74) is 5.81. The van der Waals surface area contributed by atoms with Crippen molar-refractivity contribution in [3.63, 3.8) is 0 Å². The van der Waals surface area contributed by atoms with Crippen LogP contribution in [-0.2, 0) is 16.8 Å². The Kier molecular flexibility index (Phi) is 4.93. The van der Waals surface area contributed by atoms with Gasteiger partial charge in [-0.2, -0.15) is 0 Å². The molecule has 0 N–H and O–H groups in total. The van der Waals surface area contributed by atoms with Crippen LogP contribution in [0.15, 0.2) is 108 Å². The molecule has 4 aromatic carbocycles. The molecule has 4 aromatic rings. The number of amidine groups is 1. The van der Waals surface area contributed by atoms with Crippen molar-refractivity contribution in [2.45, 2.75) is 24.3 Å². The Morgan fingerprint density at radius 1 is 0.892 bits per heavy atom. The summed E-state index contributed by atoms with van der Waals surface area (Å²) in [4.78, 5) is 24.0. The Hall–Kier alpha value is -4.38. The van der Waals surface area contributed by atoms with Gasteiger partial charge in [0.2, 0.25) is 5.91 Å². The molecule has 0 aromatic heterocycles. The maximum atomic E-state index is 14.4. The monoisotopic (exact) mass is 485 g/mol. The Morgan fingerprint density at radius 3 is 2.43 bits per heavy atom. The lowest BCUT2D eigenvalue weighted by molar-refractivity contribution is -0.137. The van der Waals surface area contributed by atoms with Crippen LogP contribution in [0.5, 0.6) is 5.75 Å². The quantitative estimate of drug-likeness (QED) is 0.339. The van der Waals surface area contributed by atoms with Gasteiger partial charge in [0.1, 0.15) is 11.6 Å². The summed E-state index contributed by atoms with van der Waals surface area (Å²) in [7, 11) is 1.68. The molecule has 0 saturated carbocycles. The first kappa shape index (κ1) is 21.9. The van der Waals surface area contributed by atoms with Crippen LogP contribution in [0.3, 0.4) is 0 Å². The van der Waals surface area contributed by atoms with Crippen molar-refractivity contribution >= 4 is 28.8 Å². The number of ether oxygens (including phenoxy) is 1. The van der Waals surface area contributed by atoms with Gasteiger partial charge in [-0.05, 0) is 59.5 Å². The number of nitrogens with zero attached hydrogens (tertiary/aromatic N) is 3. The lowest BCUT2D eigenvalue weighted by Crippen LogP contribution is -2.60. The van der Waals surface area contributed by atoms with Gasteiger partial charge in [0.25, 0.3) is 0 Å². The third kappa shape index (κ3) is 3.17. The molecule has 3 aliphatic heterocycles. The Balaban J connectivity index is 1.42. The highest BCUT2D eigenvalue weighted by atomic mass is 16.5. The van der Waals surface area contributed by atoms with E-state index in [-0.39, 0.29) is 11.8 Å². The fourth-order valence-electron chi connectivity index (χ4n) is 6.42. The zero-order chi connectivity index (χ0) is 25.0. The van der Waals surface area contributed by atoms with Gasteiger partial charge in [-0.3, -0.25) is 9.69 Å². The fraction of sp³-hybridized carbons (Fsp3) is 0.188. The number of rotatable bonds is 4. The van der Waals surface area contributed by atoms with E-state index < -0.39 is 5.41 Å². The van der Waals surface area contributed by atoms with Gasteiger partial charge in [0.15, 0.2) is 0 Å². The molecule has 0 unspecified atom stereocenters. The number of carbonyl (C=O) groups is 1. The van der Waals surface area contributed by atoms with E-state index >= 15 is 0 Å². The Bertz CT molecular complexity index is 1530. The molecule has 0 radical (unpaired) electrons. The second-order valence-corrected chi connectivity index (χ2v) is 9.94. The molecule has 0 aliphatic carbocycles. The number of benzene rings is 4. The number of hydrogen-bond donors (Lipinski definition) is 0. The van der Waals surface area contributed by atoms with E-state index in [1.165, 1.54) is 0 Å². The molecule has 1 fully saturated rings. The summed E-state index contributed by atoms with van der Waals surface area (Å²) in [5, 5.41) is 0. The molecule has 182 valence electrons. The van der Waals surface area contributed by atoms with Crippen LogP contribution in [0, 0.1) is 0 Å². The highest BCUT2D eigenvalue weighted by Gasteiger charge is 2.61. The molecule has 1 saturated heterocycles. The van der Waals surface area contributed by atoms with Crippen molar-refractivity contribution in [1.29, 1.82) is 0 Å². The van der Waals surface area contributed by atoms with Crippen molar-refractivity contribution < 1.29 is 9.53 Å². The Morgan fingerprint density at radius 2 is 1.62 bits per heavy atom. The summed E-state index contributed by atoms with van der Waals surface area (Å²) in [6.07, 6.45) is 0.813. The van der Waals surface area contributed by atoms with E-state index in [9.17, 15) is 4.79 Å². The van der Waals surface area contributed by atoms with E-state index in [1.807, 2.05) is 53.4 Å². The minimum Gasteiger partial charge on any atom is -0.497 e. The molecule has 5 nitrogen and oxygen atoms in total. The first-order valence-electron chi connectivity index (χ1n) is 12.8. The third-order valence-corrected chi connectivity index (χ3v) is 8.08. The topological polar surface area (TPSA) is 45.1 Å². The van der Waals surface area contributed by atoms with E-state index in [4.69, 9.17) is 9.73 Å². The van der Waals surface area contributed by atoms with Crippen molar-refractivity contribution in [3.8, 4) is 5.75 Å². The predicted molar refractivity (Wildman–Crippen MR) is 146 cm³/mol. The number of para-hydroxylation sites is 2. The first-order valence-corrected chi connectivity index (χ1v) is 12.8. The van der Waals surface area contributed by atoms with Crippen LogP contribution in [0.1, 0.15) is 29.0 Å². The van der Waals surface area contributed by atoms with Crippen LogP contribution in [-0.4, -0.2) is 30.3 Å². The number of methoxy groups -OCH3 is 1. The van der Waals surface area contributed by atoms with Crippen molar-refractivity contribution in [3.05, 3.63) is 120 Å². The Labute approximate surface area is 216 Å². The minimum atomic E-state index is -0.519. The van der Waals surface area contributed by atoms with E-state index in [2.05, 4.69) is 59.5 Å². The molecule has 2 atom stereocenters. The maximum absolute atomic E-state index is 14.4. The molecular weight excluding hydrogens is 458 g/mol. The fourth-order valence-corrected chi connectivity index (χ4v) is 6.42. The van der Waals surface area contributed by atoms with Gasteiger partial charge in [-0.1, -0.05) is 66.7 Å². The van der Waals surface area contributed by atoms with Gasteiger partial charge in [0, 0.05) is 18.8 Å². The van der Waals surface area contributed by atoms with Crippen molar-refractivity contribution in [2.75, 3.05) is 18.6 Å². The van der Waals surface area contributed by atoms with Gasteiger partial charge >= 0.3 is 0 Å². The summed E-state index contributed by atoms with van der Waals surface area (Å²) in [5.74, 6) is 1.58. The molecule has 1 spiro atoms. The van der Waals surface area contributed by atoms with Gasteiger partial charge in [-0.25, -0.2) is 4.99 Å². The second-order valence-electron chi connectivity index (χ2n) is 9.94. The van der Waals surface area contributed by atoms with E-state index in [1.54, 1.807) is 7.11 Å². The number of fused-ring (bicyclic) bond motifs is 3. The minimum absolute atomic E-state index is 0.168. The number of piperidine rings is 1. The molecule has 3 aliphatic rings. The second kappa shape index (κ2) is 8.34. The molecule has 1 amide bonds. The predicted octanol–water partition coefficient (Wildman–Crippen LogP) is 6.34. The highest BCUT2D eigenvalue weighted by Crippen LogP contribution is 2.60. The SMILES string of the molecule is COc1ccc(N2C3=Nc4ccccc4[C@]34CCN(Cc3ccccc3)C(=O)[C@@H]4c3ccccc32)cc1. The third-order valence-electron chi connectivity index (χ3n) is 8.08. The average molecular weight is 486 g/mol. The smallest absolute Gasteiger partial charge is 0.231 e. The zero-order valence-electron chi connectivity index (χ0n) is 20.7. The van der Waals surface area contributed by atoms with E-state index in [0.29, 0.717) is 13.1 Å². The largest absolute Gasteiger partial charge is 0.497 e. The van der Waals surface area contributed by atoms with Crippen molar-refractivity contribution in [2.24, 2.45) is 4.99 Å². The summed E-state index contributed by atoms with van der Waals surface area (Å²) in [6, 6.07) is 35.0. The number of anilines is 2. The average Bonchev–Trinajstić information content (AvgIpc) is 3.28. The first-order chi connectivity index (χ1) is 18.2. The van der Waals surface area contributed by atoms with Gasteiger partial charge < -0.3 is 9.64 Å². The number of aliphatic imine (C=N–C) groups is 1. The number of likely N-dealkylation sites (tertiary alicyclic amines) is 1. The lowest BCUT2D eigenvalue weighted by Gasteiger charge is -2.52. The van der Waals surface area contributed by atoms with Crippen LogP contribution in [0.25, 0.3) is 0 Å². The number of hydrogen-bond acceptors (Lipinski definition) is 4. The van der Waals surface area contributed by atoms with Crippen LogP contribution in [0.2, 0.25) is 0 Å². The molecule has 37 heavy (non-hydrogen) atoms. The summed E-state index contributed by atoms with van der Waals surface area (Å²) >= 11 is 0. The van der Waals surface area contributed by atoms with Crippen LogP contribution < -0.4 is 9.64 Å². The molecule has 0 bridgehead atoms. The molecule has 7 rings (SSSR count). The lowest BCUT2D eigenvalue weighted by atomic mass is 9.60. The summed E-state index contributed by atoms with van der Waals surface area (Å²) in [6.45, 7) is 1.29. The van der Waals surface area contributed by atoms with Gasteiger partial charge in [0.05, 0.1) is 29.8 Å². The summed E-state index contributed by atoms with van der Waals surface area (Å²) < 4.78 is 5.42. The van der Waals surface area contributed by atoms with Crippen molar-refractivity contribution in [1.82, 2.24) is 4.90 Å². The normalized spacial score (nSPS) is 21.5. The number of amides is 1. The number of carbonyl (C=O) groups excluding carboxylic acids is 1. The van der Waals surface area contributed by atoms with Gasteiger partial charge in [-0.15, -0.1) is 0 Å². The van der Waals surface area contributed by atoms with Crippen LogP contribution in [0.4, 0.5) is 17.1 Å².